The van der Waals surface area contributed by atoms with Crippen LogP contribution < -0.4 is 0 Å². The van der Waals surface area contributed by atoms with E-state index in [4.69, 9.17) is 0 Å². The standard InChI is InChI=1S/C22H23FN2O3/c1-14-9-17(23)7-8-18(14)20-19-13-24(10-15-5-3-2-4-6-15)11-16(21(19)26)12-25(20)22(27)28/h2-9,16,19-20H,10-13H2,1H3,(H,27,28). The van der Waals surface area contributed by atoms with Gasteiger partial charge in [0.2, 0.25) is 0 Å². The number of hydrogen-bond donors (Lipinski definition) is 1. The van der Waals surface area contributed by atoms with Crippen LogP contribution in [0.5, 0.6) is 0 Å². The summed E-state index contributed by atoms with van der Waals surface area (Å²) in [5, 5.41) is 9.78. The highest BCUT2D eigenvalue weighted by Crippen LogP contribution is 2.41. The number of halogens is 1. The number of aryl methyl sites for hydroxylation is 1. The molecule has 4 rings (SSSR count). The number of carbonyl (C=O) groups excluding carboxylic acids is 1. The third-order valence-electron chi connectivity index (χ3n) is 5.88. The van der Waals surface area contributed by atoms with E-state index in [-0.39, 0.29) is 24.1 Å². The Morgan fingerprint density at radius 2 is 1.89 bits per heavy atom. The van der Waals surface area contributed by atoms with Gasteiger partial charge in [-0.3, -0.25) is 14.6 Å². The molecule has 2 saturated heterocycles. The first-order chi connectivity index (χ1) is 13.4. The van der Waals surface area contributed by atoms with Gasteiger partial charge in [-0.05, 0) is 35.7 Å². The number of amides is 1. The van der Waals surface area contributed by atoms with Gasteiger partial charge in [0.1, 0.15) is 11.6 Å². The molecule has 2 aliphatic rings. The van der Waals surface area contributed by atoms with Crippen LogP contribution in [0.25, 0.3) is 0 Å². The molecule has 3 unspecified atom stereocenters. The summed E-state index contributed by atoms with van der Waals surface area (Å²) in [6, 6.07) is 13.8. The Kier molecular flexibility index (Phi) is 4.89. The molecule has 2 aromatic carbocycles. The number of rotatable bonds is 3. The average molecular weight is 382 g/mol. The fraction of sp³-hybridized carbons (Fsp3) is 0.364. The van der Waals surface area contributed by atoms with Crippen LogP contribution >= 0.6 is 0 Å². The van der Waals surface area contributed by atoms with Crippen LogP contribution in [0.15, 0.2) is 48.5 Å². The molecule has 2 heterocycles. The van der Waals surface area contributed by atoms with Gasteiger partial charge in [0.15, 0.2) is 0 Å². The lowest BCUT2D eigenvalue weighted by Crippen LogP contribution is -2.60. The van der Waals surface area contributed by atoms with Crippen molar-refractivity contribution in [2.24, 2.45) is 11.8 Å². The van der Waals surface area contributed by atoms with Crippen LogP contribution in [0.4, 0.5) is 9.18 Å². The van der Waals surface area contributed by atoms with Gasteiger partial charge >= 0.3 is 6.09 Å². The molecule has 28 heavy (non-hydrogen) atoms. The van der Waals surface area contributed by atoms with Gasteiger partial charge in [-0.2, -0.15) is 0 Å². The fourth-order valence-corrected chi connectivity index (χ4v) is 4.64. The minimum atomic E-state index is -1.03. The molecule has 0 aliphatic carbocycles. The van der Waals surface area contributed by atoms with Crippen LogP contribution in [0.3, 0.4) is 0 Å². The van der Waals surface area contributed by atoms with Crippen molar-refractivity contribution in [1.82, 2.24) is 9.80 Å². The molecule has 3 atom stereocenters. The molecular weight excluding hydrogens is 359 g/mol. The summed E-state index contributed by atoms with van der Waals surface area (Å²) in [7, 11) is 0. The van der Waals surface area contributed by atoms with E-state index < -0.39 is 18.1 Å². The van der Waals surface area contributed by atoms with E-state index in [1.807, 2.05) is 18.2 Å². The summed E-state index contributed by atoms with van der Waals surface area (Å²) in [5.74, 6) is -1.01. The zero-order chi connectivity index (χ0) is 19.8. The fourth-order valence-electron chi connectivity index (χ4n) is 4.64. The van der Waals surface area contributed by atoms with Crippen molar-refractivity contribution in [2.45, 2.75) is 19.5 Å². The number of hydrogen-bond acceptors (Lipinski definition) is 3. The van der Waals surface area contributed by atoms with Crippen LogP contribution in [0.1, 0.15) is 22.7 Å². The highest BCUT2D eigenvalue weighted by atomic mass is 19.1. The zero-order valence-corrected chi connectivity index (χ0v) is 15.7. The number of Topliss-reactive ketones (excluding diaryl/α,β-unsaturated/α-hetero) is 1. The number of carboxylic acid groups (broad SMARTS) is 1. The van der Waals surface area contributed by atoms with Crippen molar-refractivity contribution < 1.29 is 19.1 Å². The van der Waals surface area contributed by atoms with Gasteiger partial charge < -0.3 is 5.11 Å². The van der Waals surface area contributed by atoms with Gasteiger partial charge in [-0.1, -0.05) is 36.4 Å². The highest BCUT2D eigenvalue weighted by molar-refractivity contribution is 5.88. The number of piperidine rings is 2. The van der Waals surface area contributed by atoms with Crippen LogP contribution in [-0.2, 0) is 11.3 Å². The van der Waals surface area contributed by atoms with Crippen molar-refractivity contribution in [2.75, 3.05) is 19.6 Å². The first-order valence-corrected chi connectivity index (χ1v) is 9.49. The topological polar surface area (TPSA) is 60.9 Å². The quantitative estimate of drug-likeness (QED) is 0.883. The maximum absolute atomic E-state index is 13.6. The summed E-state index contributed by atoms with van der Waals surface area (Å²) < 4.78 is 13.6. The Morgan fingerprint density at radius 3 is 2.57 bits per heavy atom. The molecule has 2 aromatic rings. The summed E-state index contributed by atoms with van der Waals surface area (Å²) in [5.41, 5.74) is 2.55. The second kappa shape index (κ2) is 7.36. The van der Waals surface area contributed by atoms with Gasteiger partial charge in [-0.25, -0.2) is 9.18 Å². The minimum absolute atomic E-state index is 0.121. The number of likely N-dealkylation sites (tertiary alicyclic amines) is 2. The smallest absolute Gasteiger partial charge is 0.407 e. The van der Waals surface area contributed by atoms with Crippen molar-refractivity contribution in [3.05, 3.63) is 71.0 Å². The summed E-state index contributed by atoms with van der Waals surface area (Å²) in [6.07, 6.45) is -1.03. The monoisotopic (exact) mass is 382 g/mol. The lowest BCUT2D eigenvalue weighted by atomic mass is 9.75. The van der Waals surface area contributed by atoms with Gasteiger partial charge in [-0.15, -0.1) is 0 Å². The van der Waals surface area contributed by atoms with Crippen molar-refractivity contribution >= 4 is 11.9 Å². The van der Waals surface area contributed by atoms with Crippen molar-refractivity contribution in [3.8, 4) is 0 Å². The van der Waals surface area contributed by atoms with Gasteiger partial charge in [0.25, 0.3) is 0 Å². The van der Waals surface area contributed by atoms with Crippen molar-refractivity contribution in [3.63, 3.8) is 0 Å². The molecule has 5 nitrogen and oxygen atoms in total. The van der Waals surface area contributed by atoms with Crippen molar-refractivity contribution in [1.29, 1.82) is 0 Å². The summed E-state index contributed by atoms with van der Waals surface area (Å²) >= 11 is 0. The Morgan fingerprint density at radius 1 is 1.14 bits per heavy atom. The normalized spacial score (nSPS) is 25.0. The van der Waals surface area contributed by atoms with E-state index >= 15 is 0 Å². The number of ketones is 1. The van der Waals surface area contributed by atoms with E-state index in [0.29, 0.717) is 24.2 Å². The van der Waals surface area contributed by atoms with Crippen LogP contribution in [0, 0.1) is 24.6 Å². The van der Waals surface area contributed by atoms with Gasteiger partial charge in [0, 0.05) is 32.1 Å². The SMILES string of the molecule is Cc1cc(F)ccc1C1C2CN(Cc3ccccc3)CC(CN1C(=O)O)C2=O. The maximum Gasteiger partial charge on any atom is 0.407 e. The maximum atomic E-state index is 13.6. The molecule has 0 radical (unpaired) electrons. The average Bonchev–Trinajstić information content (AvgIpc) is 2.64. The second-order valence-corrected chi connectivity index (χ2v) is 7.77. The molecule has 0 aromatic heterocycles. The van der Waals surface area contributed by atoms with Crippen LogP contribution in [0.2, 0.25) is 0 Å². The van der Waals surface area contributed by atoms with Gasteiger partial charge in [0.05, 0.1) is 12.0 Å². The minimum Gasteiger partial charge on any atom is -0.465 e. The Balaban J connectivity index is 1.67. The second-order valence-electron chi connectivity index (χ2n) is 7.77. The molecule has 1 N–H and O–H groups in total. The molecular formula is C22H23FN2O3. The molecule has 2 aliphatic heterocycles. The molecule has 2 bridgehead atoms. The summed E-state index contributed by atoms with van der Waals surface area (Å²) in [4.78, 5) is 28.6. The third kappa shape index (κ3) is 3.40. The predicted octanol–water partition coefficient (Wildman–Crippen LogP) is 3.49. The lowest BCUT2D eigenvalue weighted by molar-refractivity contribution is -0.140. The number of benzene rings is 2. The molecule has 6 heteroatoms. The first-order valence-electron chi connectivity index (χ1n) is 9.49. The van der Waals surface area contributed by atoms with Crippen LogP contribution in [-0.4, -0.2) is 46.4 Å². The summed E-state index contributed by atoms with van der Waals surface area (Å²) in [6.45, 7) is 3.72. The predicted molar refractivity (Wildman–Crippen MR) is 102 cm³/mol. The molecule has 0 saturated carbocycles. The number of fused-ring (bicyclic) bond motifs is 2. The number of carbonyl (C=O) groups is 2. The van der Waals surface area contributed by atoms with E-state index in [1.54, 1.807) is 13.0 Å². The Hall–Kier alpha value is -2.73. The molecule has 2 fully saturated rings. The molecule has 1 amide bonds. The first kappa shape index (κ1) is 18.6. The van der Waals surface area contributed by atoms with E-state index in [1.165, 1.54) is 22.6 Å². The van der Waals surface area contributed by atoms with E-state index in [2.05, 4.69) is 17.0 Å². The Bertz CT molecular complexity index is 902. The highest BCUT2D eigenvalue weighted by Gasteiger charge is 2.49. The molecule has 0 spiro atoms. The third-order valence-corrected chi connectivity index (χ3v) is 5.88. The largest absolute Gasteiger partial charge is 0.465 e. The Labute approximate surface area is 163 Å². The van der Waals surface area contributed by atoms with E-state index in [9.17, 15) is 19.1 Å². The van der Waals surface area contributed by atoms with E-state index in [0.717, 1.165) is 6.54 Å². The molecule has 146 valence electrons. The lowest BCUT2D eigenvalue weighted by Gasteiger charge is -2.49. The number of nitrogens with zero attached hydrogens (tertiary/aromatic N) is 2. The zero-order valence-electron chi connectivity index (χ0n) is 15.7.